The Morgan fingerprint density at radius 3 is 1.43 bits per heavy atom. The summed E-state index contributed by atoms with van der Waals surface area (Å²) in [6.07, 6.45) is 2.57. The Kier molecular flexibility index (Phi) is 10.7. The molecule has 2 aromatic heterocycles. The molecule has 9 heteroatoms. The monoisotopic (exact) mass is 306 g/mol. The molecule has 2 aromatic rings. The van der Waals surface area contributed by atoms with E-state index in [1.165, 1.54) is 36.7 Å². The van der Waals surface area contributed by atoms with Crippen molar-refractivity contribution in [1.82, 2.24) is 9.97 Å². The van der Waals surface area contributed by atoms with E-state index in [9.17, 15) is 19.8 Å². The second kappa shape index (κ2) is 10.0. The van der Waals surface area contributed by atoms with Gasteiger partial charge in [-0.25, -0.2) is 0 Å². The van der Waals surface area contributed by atoms with Crippen molar-refractivity contribution in [3.8, 4) is 11.4 Å². The average molecular weight is 306 g/mol. The zero-order valence-corrected chi connectivity index (χ0v) is 15.5. The SMILES string of the molecule is O.O=C([O-])c1ccnc(-c2cc(C(=O)[O-])ccn2)c1.[Na+].[Na+]. The molecular weight excluding hydrogens is 298 g/mol. The second-order valence-electron chi connectivity index (χ2n) is 3.43. The summed E-state index contributed by atoms with van der Waals surface area (Å²) in [5.74, 6) is -2.68. The molecule has 0 amide bonds. The quantitative estimate of drug-likeness (QED) is 0.516. The third kappa shape index (κ3) is 5.84. The Morgan fingerprint density at radius 2 is 1.14 bits per heavy atom. The standard InChI is InChI=1S/C12H8N2O4.2Na.H2O/c15-11(16)7-1-3-13-9(5-7)10-6-8(12(17)18)2-4-14-10;;;/h1-6H,(H,15,16)(H,17,18);;;1H2/q;2*+1;/p-2. The Bertz CT molecular complexity index is 581. The van der Waals surface area contributed by atoms with Gasteiger partial charge in [0, 0.05) is 23.5 Å². The minimum absolute atomic E-state index is 0. The number of hydrogen-bond donors (Lipinski definition) is 0. The van der Waals surface area contributed by atoms with Crippen LogP contribution in [0.3, 0.4) is 0 Å². The summed E-state index contributed by atoms with van der Waals surface area (Å²) in [5.41, 5.74) is 0.390. The Labute approximate surface area is 164 Å². The van der Waals surface area contributed by atoms with Gasteiger partial charge in [0.15, 0.2) is 0 Å². The van der Waals surface area contributed by atoms with Gasteiger partial charge in [-0.3, -0.25) is 9.97 Å². The van der Waals surface area contributed by atoms with Crippen molar-refractivity contribution in [3.05, 3.63) is 47.8 Å². The molecule has 98 valence electrons. The van der Waals surface area contributed by atoms with Crippen molar-refractivity contribution in [2.24, 2.45) is 0 Å². The number of aromatic nitrogens is 2. The van der Waals surface area contributed by atoms with Gasteiger partial charge in [0.25, 0.3) is 0 Å². The van der Waals surface area contributed by atoms with Gasteiger partial charge in [-0.05, 0) is 24.3 Å². The molecule has 0 aliphatic carbocycles. The fraction of sp³-hybridized carbons (Fsp3) is 0. The largest absolute Gasteiger partial charge is 1.00 e. The average Bonchev–Trinajstić information content (AvgIpc) is 2.39. The predicted octanol–water partition coefficient (Wildman–Crippen LogP) is -7.95. The third-order valence-electron chi connectivity index (χ3n) is 2.25. The number of hydrogen-bond acceptors (Lipinski definition) is 6. The summed E-state index contributed by atoms with van der Waals surface area (Å²) in [7, 11) is 0. The third-order valence-corrected chi connectivity index (χ3v) is 2.25. The second-order valence-corrected chi connectivity index (χ2v) is 3.43. The van der Waals surface area contributed by atoms with Crippen molar-refractivity contribution in [3.63, 3.8) is 0 Å². The number of nitrogens with zero attached hydrogens (tertiary/aromatic N) is 2. The van der Waals surface area contributed by atoms with Crippen LogP contribution in [0.5, 0.6) is 0 Å². The van der Waals surface area contributed by atoms with Gasteiger partial charge >= 0.3 is 59.1 Å². The molecule has 21 heavy (non-hydrogen) atoms. The van der Waals surface area contributed by atoms with Gasteiger partial charge in [0.1, 0.15) is 0 Å². The minimum Gasteiger partial charge on any atom is -0.545 e. The minimum atomic E-state index is -1.34. The Hall–Kier alpha value is -0.800. The first-order valence-electron chi connectivity index (χ1n) is 4.93. The topological polar surface area (TPSA) is 138 Å². The number of carboxylic acids is 2. The number of aromatic carboxylic acids is 2. The molecule has 0 aromatic carbocycles. The van der Waals surface area contributed by atoms with Crippen LogP contribution in [-0.2, 0) is 0 Å². The number of carbonyl (C=O) groups excluding carboxylic acids is 2. The van der Waals surface area contributed by atoms with Crippen LogP contribution in [0.1, 0.15) is 20.7 Å². The molecule has 0 bridgehead atoms. The molecule has 0 fully saturated rings. The Balaban J connectivity index is 0. The summed E-state index contributed by atoms with van der Waals surface area (Å²) in [5, 5.41) is 21.4. The summed E-state index contributed by atoms with van der Waals surface area (Å²) in [4.78, 5) is 29.2. The van der Waals surface area contributed by atoms with Crippen LogP contribution >= 0.6 is 0 Å². The van der Waals surface area contributed by atoms with E-state index in [0.717, 1.165) is 0 Å². The normalized spacial score (nSPS) is 8.57. The van der Waals surface area contributed by atoms with Gasteiger partial charge in [-0.15, -0.1) is 0 Å². The van der Waals surface area contributed by atoms with E-state index >= 15 is 0 Å². The fourth-order valence-electron chi connectivity index (χ4n) is 1.40. The zero-order valence-electron chi connectivity index (χ0n) is 11.5. The summed E-state index contributed by atoms with van der Waals surface area (Å²) >= 11 is 0. The van der Waals surface area contributed by atoms with E-state index in [1.807, 2.05) is 0 Å². The smallest absolute Gasteiger partial charge is 0.545 e. The Morgan fingerprint density at radius 1 is 0.810 bits per heavy atom. The molecule has 2 rings (SSSR count). The summed E-state index contributed by atoms with van der Waals surface area (Å²) in [6.45, 7) is 0. The molecule has 0 unspecified atom stereocenters. The summed E-state index contributed by atoms with van der Waals surface area (Å²) < 4.78 is 0. The van der Waals surface area contributed by atoms with E-state index in [0.29, 0.717) is 0 Å². The maximum atomic E-state index is 10.7. The van der Waals surface area contributed by atoms with Crippen LogP contribution < -0.4 is 69.3 Å². The molecule has 0 saturated carbocycles. The molecule has 2 N–H and O–H groups in total. The zero-order chi connectivity index (χ0) is 13.1. The van der Waals surface area contributed by atoms with E-state index in [1.54, 1.807) is 0 Å². The van der Waals surface area contributed by atoms with Gasteiger partial charge in [-0.2, -0.15) is 0 Å². The van der Waals surface area contributed by atoms with Gasteiger partial charge in [0.2, 0.25) is 0 Å². The van der Waals surface area contributed by atoms with Gasteiger partial charge in [-0.1, -0.05) is 0 Å². The fourth-order valence-corrected chi connectivity index (χ4v) is 1.40. The number of pyridine rings is 2. The van der Waals surface area contributed by atoms with Crippen molar-refractivity contribution < 1.29 is 84.4 Å². The molecule has 0 aliphatic heterocycles. The summed E-state index contributed by atoms with van der Waals surface area (Å²) in [6, 6.07) is 5.08. The maximum absolute atomic E-state index is 10.7. The molecule has 0 aliphatic rings. The van der Waals surface area contributed by atoms with Crippen LogP contribution in [-0.4, -0.2) is 27.4 Å². The molecule has 0 radical (unpaired) electrons. The number of carbonyl (C=O) groups is 2. The van der Waals surface area contributed by atoms with Crippen molar-refractivity contribution in [1.29, 1.82) is 0 Å². The maximum Gasteiger partial charge on any atom is 1.00 e. The van der Waals surface area contributed by atoms with Gasteiger partial charge < -0.3 is 25.3 Å². The molecule has 7 nitrogen and oxygen atoms in total. The van der Waals surface area contributed by atoms with E-state index in [2.05, 4.69) is 9.97 Å². The van der Waals surface area contributed by atoms with Crippen LogP contribution in [0.2, 0.25) is 0 Å². The van der Waals surface area contributed by atoms with Crippen molar-refractivity contribution >= 4 is 11.9 Å². The number of rotatable bonds is 3. The van der Waals surface area contributed by atoms with Crippen molar-refractivity contribution in [2.75, 3.05) is 0 Å². The number of carboxylic acid groups (broad SMARTS) is 2. The van der Waals surface area contributed by atoms with E-state index < -0.39 is 11.9 Å². The van der Waals surface area contributed by atoms with Crippen molar-refractivity contribution in [2.45, 2.75) is 0 Å². The van der Waals surface area contributed by atoms with Crippen LogP contribution in [0.4, 0.5) is 0 Å². The molecule has 0 spiro atoms. The van der Waals surface area contributed by atoms with Crippen LogP contribution in [0.25, 0.3) is 11.4 Å². The predicted molar refractivity (Wildman–Crippen MR) is 59.7 cm³/mol. The van der Waals surface area contributed by atoms with Crippen LogP contribution in [0, 0.1) is 0 Å². The van der Waals surface area contributed by atoms with Gasteiger partial charge in [0.05, 0.1) is 23.3 Å². The molecule has 0 saturated heterocycles. The first-order valence-corrected chi connectivity index (χ1v) is 4.93. The van der Waals surface area contributed by atoms with E-state index in [-0.39, 0.29) is 87.1 Å². The first kappa shape index (κ1) is 22.5. The molecule has 2 heterocycles. The molecule has 0 atom stereocenters. The molecular formula is C12H8N2Na2O5. The van der Waals surface area contributed by atoms with Crippen LogP contribution in [0.15, 0.2) is 36.7 Å². The first-order chi connectivity index (χ1) is 8.58. The van der Waals surface area contributed by atoms with E-state index in [4.69, 9.17) is 0 Å².